The number of hydrogen-bond donors (Lipinski definition) is 3. The highest BCUT2D eigenvalue weighted by atomic mass is 16.5. The summed E-state index contributed by atoms with van der Waals surface area (Å²) in [7, 11) is 3.35. The molecule has 6 heteroatoms. The summed E-state index contributed by atoms with van der Waals surface area (Å²) < 4.78 is 5.34. The second-order valence-corrected chi connectivity index (χ2v) is 5.68. The van der Waals surface area contributed by atoms with Gasteiger partial charge in [0, 0.05) is 20.1 Å². The lowest BCUT2D eigenvalue weighted by Crippen LogP contribution is -2.43. The third kappa shape index (κ3) is 6.47. The average Bonchev–Trinajstić information content (AvgIpc) is 2.70. The fraction of sp³-hybridized carbons (Fsp3) is 0.300. The van der Waals surface area contributed by atoms with E-state index in [-0.39, 0.29) is 12.5 Å². The zero-order valence-electron chi connectivity index (χ0n) is 15.3. The van der Waals surface area contributed by atoms with E-state index in [0.29, 0.717) is 19.0 Å². The number of guanidine groups is 1. The number of para-hydroxylation sites is 1. The van der Waals surface area contributed by atoms with Crippen LogP contribution in [0.2, 0.25) is 0 Å². The van der Waals surface area contributed by atoms with Gasteiger partial charge < -0.3 is 20.7 Å². The van der Waals surface area contributed by atoms with Gasteiger partial charge in [0.05, 0.1) is 13.7 Å². The first-order valence-electron chi connectivity index (χ1n) is 8.60. The molecule has 0 aliphatic rings. The standard InChI is InChI=1S/C20H26N4O2/c1-21-20(22-13-12-17-10-6-7-11-18(17)26-2)24-15-19(25)23-14-16-8-4-3-5-9-16/h3-11H,12-15H2,1-2H3,(H,23,25)(H2,21,22,24). The predicted octanol–water partition coefficient (Wildman–Crippen LogP) is 1.72. The summed E-state index contributed by atoms with van der Waals surface area (Å²) in [4.78, 5) is 16.1. The molecule has 0 atom stereocenters. The maximum Gasteiger partial charge on any atom is 0.239 e. The van der Waals surface area contributed by atoms with Crippen LogP contribution in [-0.2, 0) is 17.8 Å². The quantitative estimate of drug-likeness (QED) is 0.498. The Kier molecular flexibility index (Phi) is 7.99. The SMILES string of the molecule is CN=C(NCCc1ccccc1OC)NCC(=O)NCc1ccccc1. The van der Waals surface area contributed by atoms with E-state index in [4.69, 9.17) is 4.74 Å². The van der Waals surface area contributed by atoms with E-state index in [2.05, 4.69) is 20.9 Å². The van der Waals surface area contributed by atoms with E-state index in [9.17, 15) is 4.79 Å². The Morgan fingerprint density at radius 1 is 1.00 bits per heavy atom. The number of benzene rings is 2. The maximum absolute atomic E-state index is 11.9. The van der Waals surface area contributed by atoms with Gasteiger partial charge in [0.25, 0.3) is 0 Å². The van der Waals surface area contributed by atoms with Gasteiger partial charge in [-0.15, -0.1) is 0 Å². The van der Waals surface area contributed by atoms with Gasteiger partial charge in [-0.3, -0.25) is 9.79 Å². The first-order chi connectivity index (χ1) is 12.7. The first kappa shape index (κ1) is 19.3. The number of ether oxygens (including phenoxy) is 1. The molecule has 26 heavy (non-hydrogen) atoms. The highest BCUT2D eigenvalue weighted by Crippen LogP contribution is 2.17. The summed E-state index contributed by atoms with van der Waals surface area (Å²) in [5, 5.41) is 9.09. The van der Waals surface area contributed by atoms with Crippen molar-refractivity contribution < 1.29 is 9.53 Å². The molecule has 0 fully saturated rings. The van der Waals surface area contributed by atoms with Crippen LogP contribution in [0.3, 0.4) is 0 Å². The van der Waals surface area contributed by atoms with Crippen LogP contribution < -0.4 is 20.7 Å². The van der Waals surface area contributed by atoms with Crippen molar-refractivity contribution >= 4 is 11.9 Å². The summed E-state index contributed by atoms with van der Waals surface area (Å²) in [5.74, 6) is 1.38. The van der Waals surface area contributed by atoms with Crippen LogP contribution in [0.15, 0.2) is 59.6 Å². The fourth-order valence-corrected chi connectivity index (χ4v) is 2.47. The molecular weight excluding hydrogens is 328 g/mol. The topological polar surface area (TPSA) is 74.8 Å². The highest BCUT2D eigenvalue weighted by molar-refractivity contribution is 5.86. The van der Waals surface area contributed by atoms with Gasteiger partial charge in [0.2, 0.25) is 5.91 Å². The van der Waals surface area contributed by atoms with E-state index in [0.717, 1.165) is 23.3 Å². The molecule has 2 rings (SSSR count). The number of aliphatic imine (C=N–C) groups is 1. The molecule has 6 nitrogen and oxygen atoms in total. The van der Waals surface area contributed by atoms with Crippen molar-refractivity contribution in [3.63, 3.8) is 0 Å². The van der Waals surface area contributed by atoms with Crippen molar-refractivity contribution in [1.29, 1.82) is 0 Å². The molecule has 0 aliphatic heterocycles. The summed E-state index contributed by atoms with van der Waals surface area (Å²) in [5.41, 5.74) is 2.19. The largest absolute Gasteiger partial charge is 0.496 e. The Bertz CT molecular complexity index is 717. The minimum atomic E-state index is -0.0819. The number of carbonyl (C=O) groups excluding carboxylic acids is 1. The number of carbonyl (C=O) groups is 1. The van der Waals surface area contributed by atoms with Gasteiger partial charge in [0.15, 0.2) is 5.96 Å². The van der Waals surface area contributed by atoms with Gasteiger partial charge in [-0.1, -0.05) is 48.5 Å². The van der Waals surface area contributed by atoms with Crippen LogP contribution in [-0.4, -0.2) is 39.1 Å². The van der Waals surface area contributed by atoms with Crippen LogP contribution in [0.4, 0.5) is 0 Å². The van der Waals surface area contributed by atoms with Crippen molar-refractivity contribution in [2.75, 3.05) is 27.2 Å². The number of amides is 1. The lowest BCUT2D eigenvalue weighted by Gasteiger charge is -2.13. The average molecular weight is 354 g/mol. The monoisotopic (exact) mass is 354 g/mol. The van der Waals surface area contributed by atoms with E-state index in [1.54, 1.807) is 14.2 Å². The number of hydrogen-bond acceptors (Lipinski definition) is 3. The minimum absolute atomic E-state index is 0.0819. The highest BCUT2D eigenvalue weighted by Gasteiger charge is 2.05. The van der Waals surface area contributed by atoms with Crippen LogP contribution in [0.25, 0.3) is 0 Å². The normalized spacial score (nSPS) is 10.9. The molecule has 0 heterocycles. The zero-order valence-corrected chi connectivity index (χ0v) is 15.3. The Morgan fingerprint density at radius 2 is 1.73 bits per heavy atom. The van der Waals surface area contributed by atoms with E-state index < -0.39 is 0 Å². The Balaban J connectivity index is 1.69. The smallest absolute Gasteiger partial charge is 0.239 e. The van der Waals surface area contributed by atoms with Crippen molar-refractivity contribution in [2.24, 2.45) is 4.99 Å². The second kappa shape index (κ2) is 10.8. The van der Waals surface area contributed by atoms with Crippen molar-refractivity contribution in [2.45, 2.75) is 13.0 Å². The predicted molar refractivity (Wildman–Crippen MR) is 104 cm³/mol. The van der Waals surface area contributed by atoms with Gasteiger partial charge in [-0.2, -0.15) is 0 Å². The molecule has 0 saturated carbocycles. The van der Waals surface area contributed by atoms with E-state index >= 15 is 0 Å². The van der Waals surface area contributed by atoms with Crippen molar-refractivity contribution in [3.8, 4) is 5.75 Å². The van der Waals surface area contributed by atoms with E-state index in [1.165, 1.54) is 0 Å². The molecule has 3 N–H and O–H groups in total. The van der Waals surface area contributed by atoms with E-state index in [1.807, 2.05) is 54.6 Å². The number of nitrogens with zero attached hydrogens (tertiary/aromatic N) is 1. The molecule has 0 spiro atoms. The number of rotatable bonds is 8. The Hall–Kier alpha value is -3.02. The summed E-state index contributed by atoms with van der Waals surface area (Å²) in [6.45, 7) is 1.37. The Labute approximate surface area is 154 Å². The summed E-state index contributed by atoms with van der Waals surface area (Å²) >= 11 is 0. The molecule has 0 saturated heterocycles. The molecule has 1 amide bonds. The lowest BCUT2D eigenvalue weighted by atomic mass is 10.1. The molecule has 2 aromatic rings. The molecule has 0 aliphatic carbocycles. The number of methoxy groups -OCH3 is 1. The van der Waals surface area contributed by atoms with Gasteiger partial charge in [0.1, 0.15) is 5.75 Å². The maximum atomic E-state index is 11.9. The summed E-state index contributed by atoms with van der Waals surface area (Å²) in [6.07, 6.45) is 0.797. The number of nitrogens with one attached hydrogen (secondary N) is 3. The van der Waals surface area contributed by atoms with Crippen molar-refractivity contribution in [3.05, 3.63) is 65.7 Å². The molecule has 2 aromatic carbocycles. The Morgan fingerprint density at radius 3 is 2.46 bits per heavy atom. The van der Waals surface area contributed by atoms with Crippen LogP contribution in [0.5, 0.6) is 5.75 Å². The molecule has 0 radical (unpaired) electrons. The second-order valence-electron chi connectivity index (χ2n) is 5.68. The third-order valence-corrected chi connectivity index (χ3v) is 3.85. The van der Waals surface area contributed by atoms with Crippen LogP contribution in [0.1, 0.15) is 11.1 Å². The minimum Gasteiger partial charge on any atom is -0.496 e. The molecule has 138 valence electrons. The lowest BCUT2D eigenvalue weighted by molar-refractivity contribution is -0.120. The van der Waals surface area contributed by atoms with Crippen LogP contribution in [0, 0.1) is 0 Å². The molecular formula is C20H26N4O2. The fourth-order valence-electron chi connectivity index (χ4n) is 2.47. The summed E-state index contributed by atoms with van der Waals surface area (Å²) in [6, 6.07) is 17.7. The first-order valence-corrected chi connectivity index (χ1v) is 8.60. The van der Waals surface area contributed by atoms with Gasteiger partial charge in [-0.25, -0.2) is 0 Å². The van der Waals surface area contributed by atoms with Crippen LogP contribution >= 0.6 is 0 Å². The van der Waals surface area contributed by atoms with Crippen molar-refractivity contribution in [1.82, 2.24) is 16.0 Å². The third-order valence-electron chi connectivity index (χ3n) is 3.85. The molecule has 0 bridgehead atoms. The molecule has 0 unspecified atom stereocenters. The van der Waals surface area contributed by atoms with Gasteiger partial charge >= 0.3 is 0 Å². The molecule has 0 aromatic heterocycles. The van der Waals surface area contributed by atoms with Gasteiger partial charge in [-0.05, 0) is 23.6 Å². The zero-order chi connectivity index (χ0) is 18.6.